The molecule has 4 heteroatoms. The highest BCUT2D eigenvalue weighted by atomic mass is 79.9. The normalized spacial score (nSPS) is 15.0. The van der Waals surface area contributed by atoms with E-state index in [2.05, 4.69) is 58.2 Å². The molecule has 0 bridgehead atoms. The topological polar surface area (TPSA) is 15.3 Å². The van der Waals surface area contributed by atoms with Crippen LogP contribution in [0, 0.1) is 0 Å². The van der Waals surface area contributed by atoms with Crippen molar-refractivity contribution < 1.29 is 0 Å². The average Bonchev–Trinajstić information content (AvgIpc) is 3.27. The lowest BCUT2D eigenvalue weighted by Crippen LogP contribution is -2.25. The van der Waals surface area contributed by atoms with Gasteiger partial charge in [0.1, 0.15) is 0 Å². The Balaban J connectivity index is 1.78. The maximum atomic E-state index is 3.70. The Morgan fingerprint density at radius 3 is 2.65 bits per heavy atom. The number of thioether (sulfide) groups is 1. The molecule has 1 aromatic rings. The predicted molar refractivity (Wildman–Crippen MR) is 92.5 cm³/mol. The Bertz CT molecular complexity index is 417. The average molecular weight is 357 g/mol. The van der Waals surface area contributed by atoms with E-state index >= 15 is 0 Å². The van der Waals surface area contributed by atoms with Crippen molar-refractivity contribution in [1.82, 2.24) is 10.2 Å². The van der Waals surface area contributed by atoms with Crippen LogP contribution in [0.2, 0.25) is 0 Å². The second-order valence-corrected chi connectivity index (χ2v) is 7.31. The molecule has 112 valence electrons. The van der Waals surface area contributed by atoms with Gasteiger partial charge in [-0.3, -0.25) is 0 Å². The molecule has 0 atom stereocenters. The molecule has 1 fully saturated rings. The van der Waals surface area contributed by atoms with E-state index in [1.165, 1.54) is 34.3 Å². The van der Waals surface area contributed by atoms with Crippen LogP contribution >= 0.6 is 27.7 Å². The Labute approximate surface area is 135 Å². The number of nitrogens with zero attached hydrogens (tertiary/aromatic N) is 1. The molecule has 0 amide bonds. The van der Waals surface area contributed by atoms with E-state index < -0.39 is 0 Å². The van der Waals surface area contributed by atoms with Gasteiger partial charge in [0.05, 0.1) is 0 Å². The predicted octanol–water partition coefficient (Wildman–Crippen LogP) is 4.14. The highest BCUT2D eigenvalue weighted by molar-refractivity contribution is 9.10. The maximum Gasteiger partial charge on any atom is 0.0231 e. The summed E-state index contributed by atoms with van der Waals surface area (Å²) in [5.41, 5.74) is 1.37. The highest BCUT2D eigenvalue weighted by Crippen LogP contribution is 2.26. The van der Waals surface area contributed by atoms with Crippen LogP contribution in [-0.2, 0) is 6.54 Å². The first kappa shape index (κ1) is 16.3. The van der Waals surface area contributed by atoms with Crippen molar-refractivity contribution in [2.24, 2.45) is 0 Å². The maximum absolute atomic E-state index is 3.70. The van der Waals surface area contributed by atoms with Gasteiger partial charge in [0.25, 0.3) is 0 Å². The van der Waals surface area contributed by atoms with Crippen LogP contribution in [0.1, 0.15) is 32.3 Å². The summed E-state index contributed by atoms with van der Waals surface area (Å²) in [6.45, 7) is 8.90. The van der Waals surface area contributed by atoms with Gasteiger partial charge in [0, 0.05) is 34.3 Å². The molecule has 2 nitrogen and oxygen atoms in total. The molecule has 2 rings (SSSR count). The van der Waals surface area contributed by atoms with Crippen LogP contribution in [0.15, 0.2) is 27.6 Å². The van der Waals surface area contributed by atoms with E-state index in [0.717, 1.165) is 31.4 Å². The molecule has 0 radical (unpaired) electrons. The zero-order chi connectivity index (χ0) is 14.4. The fourth-order valence-electron chi connectivity index (χ4n) is 2.14. The Morgan fingerprint density at radius 2 is 2.05 bits per heavy atom. The summed E-state index contributed by atoms with van der Waals surface area (Å²) in [5.74, 6) is 1.16. The monoisotopic (exact) mass is 356 g/mol. The van der Waals surface area contributed by atoms with Gasteiger partial charge in [0.2, 0.25) is 0 Å². The molecule has 1 aliphatic rings. The van der Waals surface area contributed by atoms with Gasteiger partial charge in [-0.05, 0) is 43.6 Å². The number of nitrogens with one attached hydrogen (secondary N) is 1. The minimum absolute atomic E-state index is 0.769. The number of hydrogen-bond donors (Lipinski definition) is 1. The summed E-state index contributed by atoms with van der Waals surface area (Å²) in [5, 5.41) is 3.56. The van der Waals surface area contributed by atoms with Gasteiger partial charge >= 0.3 is 0 Å². The summed E-state index contributed by atoms with van der Waals surface area (Å²) in [6.07, 6.45) is 2.69. The molecule has 20 heavy (non-hydrogen) atoms. The fraction of sp³-hybridized carbons (Fsp3) is 0.625. The molecular formula is C16H25BrN2S. The third-order valence-electron chi connectivity index (χ3n) is 3.75. The number of halogens is 1. The molecule has 0 unspecified atom stereocenters. The summed E-state index contributed by atoms with van der Waals surface area (Å²) in [4.78, 5) is 3.83. The van der Waals surface area contributed by atoms with E-state index in [1.807, 2.05) is 11.8 Å². The quantitative estimate of drug-likeness (QED) is 0.669. The first-order valence-corrected chi connectivity index (χ1v) is 9.37. The minimum atomic E-state index is 0.769. The molecule has 1 saturated carbocycles. The zero-order valence-corrected chi connectivity index (χ0v) is 14.9. The molecular weight excluding hydrogens is 332 g/mol. The zero-order valence-electron chi connectivity index (χ0n) is 12.5. The van der Waals surface area contributed by atoms with Crippen molar-refractivity contribution in [3.63, 3.8) is 0 Å². The lowest BCUT2D eigenvalue weighted by Gasteiger charge is -2.17. The number of benzene rings is 1. The van der Waals surface area contributed by atoms with Crippen LogP contribution < -0.4 is 5.32 Å². The van der Waals surface area contributed by atoms with Crippen molar-refractivity contribution in [1.29, 1.82) is 0 Å². The van der Waals surface area contributed by atoms with Gasteiger partial charge in [-0.25, -0.2) is 0 Å². The molecule has 0 aromatic heterocycles. The third kappa shape index (κ3) is 5.40. The highest BCUT2D eigenvalue weighted by Gasteiger charge is 2.20. The second-order valence-electron chi connectivity index (χ2n) is 5.28. The Morgan fingerprint density at radius 1 is 1.30 bits per heavy atom. The van der Waals surface area contributed by atoms with Crippen molar-refractivity contribution in [3.8, 4) is 0 Å². The molecule has 1 aliphatic carbocycles. The van der Waals surface area contributed by atoms with Gasteiger partial charge in [-0.2, -0.15) is 0 Å². The van der Waals surface area contributed by atoms with Crippen LogP contribution in [0.5, 0.6) is 0 Å². The van der Waals surface area contributed by atoms with Gasteiger partial charge < -0.3 is 10.2 Å². The Hall–Kier alpha value is -0.0300. The van der Waals surface area contributed by atoms with Crippen LogP contribution in [-0.4, -0.2) is 36.3 Å². The van der Waals surface area contributed by atoms with Crippen molar-refractivity contribution in [3.05, 3.63) is 28.2 Å². The van der Waals surface area contributed by atoms with Crippen LogP contribution in [0.3, 0.4) is 0 Å². The SMILES string of the molecule is CCN(CC)CCSc1ccc(CNC2CC2)c(Br)c1. The van der Waals surface area contributed by atoms with E-state index in [4.69, 9.17) is 0 Å². The van der Waals surface area contributed by atoms with Gasteiger partial charge in [0.15, 0.2) is 0 Å². The number of rotatable bonds is 9. The first-order valence-electron chi connectivity index (χ1n) is 7.59. The van der Waals surface area contributed by atoms with Crippen molar-refractivity contribution in [2.45, 2.75) is 44.2 Å². The van der Waals surface area contributed by atoms with E-state index in [1.54, 1.807) is 0 Å². The van der Waals surface area contributed by atoms with Crippen molar-refractivity contribution in [2.75, 3.05) is 25.4 Å². The smallest absolute Gasteiger partial charge is 0.0231 e. The van der Waals surface area contributed by atoms with E-state index in [-0.39, 0.29) is 0 Å². The lowest BCUT2D eigenvalue weighted by molar-refractivity contribution is 0.324. The van der Waals surface area contributed by atoms with Crippen LogP contribution in [0.4, 0.5) is 0 Å². The van der Waals surface area contributed by atoms with Crippen LogP contribution in [0.25, 0.3) is 0 Å². The van der Waals surface area contributed by atoms with E-state index in [9.17, 15) is 0 Å². The minimum Gasteiger partial charge on any atom is -0.310 e. The largest absolute Gasteiger partial charge is 0.310 e. The second kappa shape index (κ2) is 8.42. The first-order chi connectivity index (χ1) is 9.72. The fourth-order valence-corrected chi connectivity index (χ4v) is 3.76. The standard InChI is InChI=1S/C16H25BrN2S/c1-3-19(4-2)9-10-20-15-8-5-13(16(17)11-15)12-18-14-6-7-14/h5,8,11,14,18H,3-4,6-7,9-10,12H2,1-2H3. The van der Waals surface area contributed by atoms with Crippen molar-refractivity contribution >= 4 is 27.7 Å². The molecule has 1 aromatic carbocycles. The molecule has 0 saturated heterocycles. The number of hydrogen-bond acceptors (Lipinski definition) is 3. The molecule has 0 aliphatic heterocycles. The molecule has 1 N–H and O–H groups in total. The molecule has 0 spiro atoms. The lowest BCUT2D eigenvalue weighted by atomic mass is 10.2. The molecule has 0 heterocycles. The Kier molecular flexibility index (Phi) is 6.88. The van der Waals surface area contributed by atoms with E-state index in [0.29, 0.717) is 0 Å². The summed E-state index contributed by atoms with van der Waals surface area (Å²) in [6, 6.07) is 7.53. The summed E-state index contributed by atoms with van der Waals surface area (Å²) < 4.78 is 1.23. The van der Waals surface area contributed by atoms with Gasteiger partial charge in [-0.1, -0.05) is 35.8 Å². The van der Waals surface area contributed by atoms with Gasteiger partial charge in [-0.15, -0.1) is 11.8 Å². The summed E-state index contributed by atoms with van der Waals surface area (Å²) >= 11 is 5.65. The summed E-state index contributed by atoms with van der Waals surface area (Å²) in [7, 11) is 0. The third-order valence-corrected chi connectivity index (χ3v) is 5.47.